The van der Waals surface area contributed by atoms with Crippen molar-refractivity contribution in [2.45, 2.75) is 0 Å². The molecule has 0 radical (unpaired) electrons. The lowest BCUT2D eigenvalue weighted by Gasteiger charge is -2.04. The number of benzene rings is 1. The SMILES string of the molecule is Cn1ccc(-c2ccc(O)c(C#N)c2)cc1=O. The molecule has 17 heavy (non-hydrogen) atoms. The second-order valence-corrected chi connectivity index (χ2v) is 3.71. The molecule has 0 amide bonds. The number of pyridine rings is 1. The average molecular weight is 226 g/mol. The first-order valence-corrected chi connectivity index (χ1v) is 5.02. The summed E-state index contributed by atoms with van der Waals surface area (Å²) in [5.74, 6) is -0.0555. The van der Waals surface area contributed by atoms with Gasteiger partial charge >= 0.3 is 0 Å². The van der Waals surface area contributed by atoms with Gasteiger partial charge in [-0.3, -0.25) is 4.79 Å². The van der Waals surface area contributed by atoms with Gasteiger partial charge in [0.05, 0.1) is 5.56 Å². The van der Waals surface area contributed by atoms with Crippen molar-refractivity contribution in [1.82, 2.24) is 4.57 Å². The van der Waals surface area contributed by atoms with Crippen LogP contribution >= 0.6 is 0 Å². The Morgan fingerprint density at radius 3 is 2.59 bits per heavy atom. The van der Waals surface area contributed by atoms with Crippen molar-refractivity contribution in [3.8, 4) is 22.9 Å². The van der Waals surface area contributed by atoms with Crippen LogP contribution < -0.4 is 5.56 Å². The van der Waals surface area contributed by atoms with Gasteiger partial charge in [0.25, 0.3) is 5.56 Å². The molecule has 0 aliphatic carbocycles. The minimum absolute atomic E-state index is 0.0555. The van der Waals surface area contributed by atoms with Crippen LogP contribution in [0.15, 0.2) is 41.3 Å². The number of hydrogen-bond donors (Lipinski definition) is 1. The molecule has 0 saturated heterocycles. The average Bonchev–Trinajstić information content (AvgIpc) is 2.33. The number of aryl methyl sites for hydroxylation is 1. The molecule has 0 bridgehead atoms. The summed E-state index contributed by atoms with van der Waals surface area (Å²) in [6.07, 6.45) is 1.66. The van der Waals surface area contributed by atoms with E-state index in [1.54, 1.807) is 31.4 Å². The van der Waals surface area contributed by atoms with Crippen LogP contribution in [-0.2, 0) is 7.05 Å². The van der Waals surface area contributed by atoms with Gasteiger partial charge in [0.15, 0.2) is 0 Å². The number of phenols is 1. The fraction of sp³-hybridized carbons (Fsp3) is 0.0769. The second kappa shape index (κ2) is 4.14. The second-order valence-electron chi connectivity index (χ2n) is 3.71. The molecule has 2 aromatic rings. The third kappa shape index (κ3) is 2.04. The number of aromatic hydroxyl groups is 1. The van der Waals surface area contributed by atoms with E-state index in [-0.39, 0.29) is 16.9 Å². The summed E-state index contributed by atoms with van der Waals surface area (Å²) in [4.78, 5) is 11.5. The lowest BCUT2D eigenvalue weighted by Crippen LogP contribution is -2.14. The van der Waals surface area contributed by atoms with Crippen LogP contribution in [0.1, 0.15) is 5.56 Å². The maximum atomic E-state index is 11.5. The summed E-state index contributed by atoms with van der Waals surface area (Å²) < 4.78 is 1.47. The standard InChI is InChI=1S/C13H10N2O2/c1-15-5-4-10(7-13(15)17)9-2-3-12(16)11(6-9)8-14/h2-7,16H,1H3. The molecule has 0 fully saturated rings. The van der Waals surface area contributed by atoms with Gasteiger partial charge in [0, 0.05) is 19.3 Å². The van der Waals surface area contributed by atoms with E-state index < -0.39 is 0 Å². The van der Waals surface area contributed by atoms with E-state index in [1.807, 2.05) is 6.07 Å². The highest BCUT2D eigenvalue weighted by Gasteiger charge is 2.04. The van der Waals surface area contributed by atoms with E-state index in [9.17, 15) is 9.90 Å². The van der Waals surface area contributed by atoms with Gasteiger partial charge in [0.2, 0.25) is 0 Å². The van der Waals surface area contributed by atoms with Crippen molar-refractivity contribution in [3.05, 3.63) is 52.4 Å². The van der Waals surface area contributed by atoms with Gasteiger partial charge in [-0.05, 0) is 29.3 Å². The van der Waals surface area contributed by atoms with E-state index >= 15 is 0 Å². The van der Waals surface area contributed by atoms with Crippen molar-refractivity contribution in [3.63, 3.8) is 0 Å². The van der Waals surface area contributed by atoms with Crippen molar-refractivity contribution >= 4 is 0 Å². The number of nitriles is 1. The Balaban J connectivity index is 2.58. The van der Waals surface area contributed by atoms with E-state index in [4.69, 9.17) is 5.26 Å². The zero-order valence-corrected chi connectivity index (χ0v) is 9.21. The van der Waals surface area contributed by atoms with Gasteiger partial charge in [-0.2, -0.15) is 5.26 Å². The molecule has 0 atom stereocenters. The Labute approximate surface area is 98.0 Å². The molecule has 4 heteroatoms. The van der Waals surface area contributed by atoms with Crippen LogP contribution in [0.5, 0.6) is 5.75 Å². The van der Waals surface area contributed by atoms with Crippen molar-refractivity contribution < 1.29 is 5.11 Å². The molecular formula is C13H10N2O2. The summed E-state index contributed by atoms with van der Waals surface area (Å²) in [6, 6.07) is 9.86. The largest absolute Gasteiger partial charge is 0.507 e. The zero-order valence-electron chi connectivity index (χ0n) is 9.21. The van der Waals surface area contributed by atoms with Crippen LogP contribution in [-0.4, -0.2) is 9.67 Å². The summed E-state index contributed by atoms with van der Waals surface area (Å²) in [5.41, 5.74) is 1.54. The van der Waals surface area contributed by atoms with E-state index in [1.165, 1.54) is 16.7 Å². The highest BCUT2D eigenvalue weighted by Crippen LogP contribution is 2.24. The Morgan fingerprint density at radius 1 is 1.24 bits per heavy atom. The zero-order chi connectivity index (χ0) is 12.4. The summed E-state index contributed by atoms with van der Waals surface area (Å²) in [6.45, 7) is 0. The van der Waals surface area contributed by atoms with Gasteiger partial charge in [-0.15, -0.1) is 0 Å². The third-order valence-electron chi connectivity index (χ3n) is 2.55. The Bertz CT molecular complexity index is 666. The van der Waals surface area contributed by atoms with Gasteiger partial charge in [-0.1, -0.05) is 6.07 Å². The van der Waals surface area contributed by atoms with Crippen LogP contribution in [0.4, 0.5) is 0 Å². The predicted octanol–water partition coefficient (Wildman–Crippen LogP) is 1.63. The predicted molar refractivity (Wildman–Crippen MR) is 63.5 cm³/mol. The van der Waals surface area contributed by atoms with E-state index in [0.29, 0.717) is 0 Å². The Morgan fingerprint density at radius 2 is 1.94 bits per heavy atom. The first-order valence-electron chi connectivity index (χ1n) is 5.02. The minimum Gasteiger partial charge on any atom is -0.507 e. The number of hydrogen-bond acceptors (Lipinski definition) is 3. The van der Waals surface area contributed by atoms with Crippen LogP contribution in [0.25, 0.3) is 11.1 Å². The first kappa shape index (κ1) is 11.0. The van der Waals surface area contributed by atoms with Crippen LogP contribution in [0.3, 0.4) is 0 Å². The smallest absolute Gasteiger partial charge is 0.250 e. The highest BCUT2D eigenvalue weighted by molar-refractivity contribution is 5.66. The molecule has 84 valence electrons. The maximum Gasteiger partial charge on any atom is 0.250 e. The lowest BCUT2D eigenvalue weighted by molar-refractivity contribution is 0.473. The summed E-state index contributed by atoms with van der Waals surface area (Å²) >= 11 is 0. The molecule has 4 nitrogen and oxygen atoms in total. The fourth-order valence-corrected chi connectivity index (χ4v) is 1.53. The molecule has 1 aromatic heterocycles. The molecule has 1 aromatic carbocycles. The van der Waals surface area contributed by atoms with Crippen LogP contribution in [0, 0.1) is 11.3 Å². The van der Waals surface area contributed by atoms with E-state index in [2.05, 4.69) is 0 Å². The number of aromatic nitrogens is 1. The molecule has 1 N–H and O–H groups in total. The number of rotatable bonds is 1. The highest BCUT2D eigenvalue weighted by atomic mass is 16.3. The van der Waals surface area contributed by atoms with Gasteiger partial charge in [-0.25, -0.2) is 0 Å². The molecule has 0 aliphatic rings. The van der Waals surface area contributed by atoms with Crippen molar-refractivity contribution in [2.24, 2.45) is 7.05 Å². The number of phenolic OH excluding ortho intramolecular Hbond substituents is 1. The summed E-state index contributed by atoms with van der Waals surface area (Å²) in [7, 11) is 1.67. The minimum atomic E-state index is -0.117. The maximum absolute atomic E-state index is 11.5. The molecule has 2 rings (SSSR count). The van der Waals surface area contributed by atoms with Gasteiger partial charge in [0.1, 0.15) is 11.8 Å². The van der Waals surface area contributed by atoms with Crippen LogP contribution in [0.2, 0.25) is 0 Å². The molecule has 0 unspecified atom stereocenters. The molecule has 0 saturated carbocycles. The summed E-state index contributed by atoms with van der Waals surface area (Å²) in [5, 5.41) is 18.2. The van der Waals surface area contributed by atoms with Crippen molar-refractivity contribution in [1.29, 1.82) is 5.26 Å². The third-order valence-corrected chi connectivity index (χ3v) is 2.55. The molecule has 0 spiro atoms. The molecule has 0 aliphatic heterocycles. The Kier molecular flexibility index (Phi) is 2.67. The monoisotopic (exact) mass is 226 g/mol. The lowest BCUT2D eigenvalue weighted by atomic mass is 10.0. The molecular weight excluding hydrogens is 216 g/mol. The molecule has 1 heterocycles. The number of nitrogens with zero attached hydrogens (tertiary/aromatic N) is 2. The van der Waals surface area contributed by atoms with Gasteiger partial charge < -0.3 is 9.67 Å². The fourth-order valence-electron chi connectivity index (χ4n) is 1.53. The quantitative estimate of drug-likeness (QED) is 0.803. The first-order chi connectivity index (χ1) is 8.11. The van der Waals surface area contributed by atoms with Crippen molar-refractivity contribution in [2.75, 3.05) is 0 Å². The van der Waals surface area contributed by atoms with E-state index in [0.717, 1.165) is 11.1 Å². The normalized spacial score (nSPS) is 9.88. The Hall–Kier alpha value is -2.54. The topological polar surface area (TPSA) is 66.0 Å².